The lowest BCUT2D eigenvalue weighted by atomic mass is 10.0. The van der Waals surface area contributed by atoms with E-state index < -0.39 is 0 Å². The topological polar surface area (TPSA) is 50.4 Å². The lowest BCUT2D eigenvalue weighted by Gasteiger charge is -2.40. The molecule has 1 aliphatic rings. The van der Waals surface area contributed by atoms with E-state index in [1.165, 1.54) is 5.56 Å². The molecule has 5 nitrogen and oxygen atoms in total. The summed E-state index contributed by atoms with van der Waals surface area (Å²) in [6.45, 7) is 3.18. The summed E-state index contributed by atoms with van der Waals surface area (Å²) in [6.07, 6.45) is 1.99. The van der Waals surface area contributed by atoms with Crippen LogP contribution >= 0.6 is 0 Å². The largest absolute Gasteiger partial charge is 1.00 e. The van der Waals surface area contributed by atoms with Gasteiger partial charge >= 0.3 is 6.03 Å². The summed E-state index contributed by atoms with van der Waals surface area (Å²) in [4.78, 5) is 12.3. The van der Waals surface area contributed by atoms with Crippen LogP contribution < -0.4 is 39.3 Å². The van der Waals surface area contributed by atoms with E-state index in [-0.39, 0.29) is 36.0 Å². The molecule has 0 bridgehead atoms. The second-order valence-electron chi connectivity index (χ2n) is 7.32. The Kier molecular flexibility index (Phi) is 7.91. The number of hydrogen-bond acceptors (Lipinski definition) is 2. The van der Waals surface area contributed by atoms with Crippen molar-refractivity contribution >= 4 is 11.7 Å². The van der Waals surface area contributed by atoms with Gasteiger partial charge in [-0.1, -0.05) is 36.4 Å². The van der Waals surface area contributed by atoms with Crippen LogP contribution in [0.15, 0.2) is 54.6 Å². The molecule has 27 heavy (non-hydrogen) atoms. The molecule has 2 amide bonds. The Morgan fingerprint density at radius 3 is 2.48 bits per heavy atom. The summed E-state index contributed by atoms with van der Waals surface area (Å²) < 4.78 is 6.21. The van der Waals surface area contributed by atoms with Crippen LogP contribution in [-0.2, 0) is 6.54 Å². The van der Waals surface area contributed by atoms with Gasteiger partial charge in [0.2, 0.25) is 0 Å². The van der Waals surface area contributed by atoms with E-state index in [4.69, 9.17) is 4.74 Å². The third-order valence-electron chi connectivity index (χ3n) is 5.10. The van der Waals surface area contributed by atoms with Crippen molar-refractivity contribution in [3.63, 3.8) is 0 Å². The molecule has 0 atom stereocenters. The number of benzene rings is 2. The first kappa shape index (κ1) is 21.5. The van der Waals surface area contributed by atoms with E-state index in [0.717, 1.165) is 48.4 Å². The highest BCUT2D eigenvalue weighted by molar-refractivity contribution is 5.89. The SMILES string of the molecule is COc1cccc(NC(=O)NC2CC[N+](C)(Cc3ccccc3)CC2)c1.[I-]. The van der Waals surface area contributed by atoms with E-state index in [0.29, 0.717) is 0 Å². The molecular formula is C21H28IN3O2. The summed E-state index contributed by atoms with van der Waals surface area (Å²) in [5.41, 5.74) is 2.11. The lowest BCUT2D eigenvalue weighted by molar-refractivity contribution is -0.927. The fourth-order valence-corrected chi connectivity index (χ4v) is 3.57. The fourth-order valence-electron chi connectivity index (χ4n) is 3.57. The van der Waals surface area contributed by atoms with Crippen molar-refractivity contribution in [1.29, 1.82) is 0 Å². The molecule has 2 aromatic rings. The van der Waals surface area contributed by atoms with E-state index >= 15 is 0 Å². The van der Waals surface area contributed by atoms with Crippen molar-refractivity contribution in [1.82, 2.24) is 5.32 Å². The van der Waals surface area contributed by atoms with Gasteiger partial charge in [-0.3, -0.25) is 0 Å². The van der Waals surface area contributed by atoms with Gasteiger partial charge in [-0.05, 0) is 12.1 Å². The van der Waals surface area contributed by atoms with Gasteiger partial charge in [0.15, 0.2) is 0 Å². The molecule has 0 radical (unpaired) electrons. The number of nitrogens with one attached hydrogen (secondary N) is 2. The zero-order valence-electron chi connectivity index (χ0n) is 16.0. The van der Waals surface area contributed by atoms with Gasteiger partial charge in [0.1, 0.15) is 12.3 Å². The number of ether oxygens (including phenoxy) is 1. The number of piperidine rings is 1. The summed E-state index contributed by atoms with van der Waals surface area (Å²) in [7, 11) is 3.92. The normalized spacial score (nSPS) is 21.6. The smallest absolute Gasteiger partial charge is 0.319 e. The third kappa shape index (κ3) is 6.39. The van der Waals surface area contributed by atoms with Gasteiger partial charge in [-0.2, -0.15) is 0 Å². The molecule has 0 spiro atoms. The van der Waals surface area contributed by atoms with Crippen LogP contribution in [0.3, 0.4) is 0 Å². The Hall–Kier alpha value is -1.80. The third-order valence-corrected chi connectivity index (χ3v) is 5.10. The van der Waals surface area contributed by atoms with E-state index in [2.05, 4.69) is 48.0 Å². The molecule has 1 heterocycles. The molecule has 0 saturated carbocycles. The van der Waals surface area contributed by atoms with Crippen LogP contribution in [0.2, 0.25) is 0 Å². The van der Waals surface area contributed by atoms with Gasteiger partial charge in [-0.25, -0.2) is 4.79 Å². The van der Waals surface area contributed by atoms with Crippen molar-refractivity contribution in [2.24, 2.45) is 0 Å². The number of carbonyl (C=O) groups is 1. The second-order valence-corrected chi connectivity index (χ2v) is 7.32. The highest BCUT2D eigenvalue weighted by atomic mass is 127. The van der Waals surface area contributed by atoms with Crippen LogP contribution in [-0.4, -0.2) is 43.8 Å². The zero-order valence-corrected chi connectivity index (χ0v) is 18.1. The molecule has 0 aliphatic carbocycles. The van der Waals surface area contributed by atoms with Crippen molar-refractivity contribution in [3.8, 4) is 5.75 Å². The van der Waals surface area contributed by atoms with Crippen molar-refractivity contribution in [2.45, 2.75) is 25.4 Å². The Morgan fingerprint density at radius 2 is 1.81 bits per heavy atom. The minimum atomic E-state index is -0.151. The standard InChI is InChI=1S/C21H27N3O2.HI/c1-24(16-17-7-4-3-5-8-17)13-11-18(12-14-24)22-21(25)23-19-9-6-10-20(15-19)26-2;/h3-10,15,18H,11-14,16H2,1-2H3,(H-,22,23,25);1H. The van der Waals surface area contributed by atoms with Crippen LogP contribution in [0.25, 0.3) is 0 Å². The average molecular weight is 481 g/mol. The first-order valence-electron chi connectivity index (χ1n) is 9.15. The molecule has 1 fully saturated rings. The Morgan fingerprint density at radius 1 is 1.11 bits per heavy atom. The Labute approximate surface area is 178 Å². The molecule has 146 valence electrons. The first-order valence-corrected chi connectivity index (χ1v) is 9.15. The highest BCUT2D eigenvalue weighted by Crippen LogP contribution is 2.21. The maximum atomic E-state index is 12.3. The van der Waals surface area contributed by atoms with Gasteiger partial charge in [0.05, 0.1) is 27.2 Å². The predicted molar refractivity (Wildman–Crippen MR) is 104 cm³/mol. The predicted octanol–water partition coefficient (Wildman–Crippen LogP) is 0.630. The zero-order chi connectivity index (χ0) is 18.4. The summed E-state index contributed by atoms with van der Waals surface area (Å²) in [6, 6.07) is 18.1. The number of methoxy groups -OCH3 is 1. The monoisotopic (exact) mass is 481 g/mol. The van der Waals surface area contributed by atoms with Crippen molar-refractivity contribution in [3.05, 3.63) is 60.2 Å². The Balaban J connectivity index is 0.00000261. The van der Waals surface area contributed by atoms with Gasteiger partial charge < -0.3 is 43.8 Å². The van der Waals surface area contributed by atoms with Crippen molar-refractivity contribution < 1.29 is 38.0 Å². The lowest BCUT2D eigenvalue weighted by Crippen LogP contribution is -3.00. The van der Waals surface area contributed by atoms with E-state index in [1.54, 1.807) is 7.11 Å². The fraction of sp³-hybridized carbons (Fsp3) is 0.381. The molecule has 2 N–H and O–H groups in total. The Bertz CT molecular complexity index is 731. The number of urea groups is 1. The number of nitrogens with zero attached hydrogens (tertiary/aromatic N) is 1. The molecule has 3 rings (SSSR count). The number of anilines is 1. The first-order chi connectivity index (χ1) is 12.6. The quantitative estimate of drug-likeness (QED) is 0.487. The van der Waals surface area contributed by atoms with Gasteiger partial charge in [-0.15, -0.1) is 0 Å². The number of rotatable bonds is 5. The number of quaternary nitrogens is 1. The molecule has 2 aromatic carbocycles. The molecular weight excluding hydrogens is 453 g/mol. The van der Waals surface area contributed by atoms with E-state index in [9.17, 15) is 4.79 Å². The van der Waals surface area contributed by atoms with Crippen molar-refractivity contribution in [2.75, 3.05) is 32.6 Å². The summed E-state index contributed by atoms with van der Waals surface area (Å²) in [5.74, 6) is 0.731. The van der Waals surface area contributed by atoms with Crippen LogP contribution in [0.4, 0.5) is 10.5 Å². The number of amides is 2. The van der Waals surface area contributed by atoms with E-state index in [1.807, 2.05) is 24.3 Å². The van der Waals surface area contributed by atoms with Crippen LogP contribution in [0.5, 0.6) is 5.75 Å². The molecule has 1 saturated heterocycles. The minimum Gasteiger partial charge on any atom is -1.00 e. The maximum Gasteiger partial charge on any atom is 0.319 e. The van der Waals surface area contributed by atoms with Gasteiger partial charge in [0.25, 0.3) is 0 Å². The van der Waals surface area contributed by atoms with Crippen LogP contribution in [0, 0.1) is 0 Å². The number of hydrogen-bond donors (Lipinski definition) is 2. The number of likely N-dealkylation sites (tertiary alicyclic amines) is 1. The van der Waals surface area contributed by atoms with Gasteiger partial charge in [0, 0.05) is 36.2 Å². The second kappa shape index (κ2) is 9.94. The molecule has 0 aromatic heterocycles. The number of halogens is 1. The summed E-state index contributed by atoms with van der Waals surface area (Å²) >= 11 is 0. The summed E-state index contributed by atoms with van der Waals surface area (Å²) in [5, 5.41) is 5.99. The molecule has 0 unspecified atom stereocenters. The highest BCUT2D eigenvalue weighted by Gasteiger charge is 2.30. The average Bonchev–Trinajstić information content (AvgIpc) is 2.64. The maximum absolute atomic E-state index is 12.3. The minimum absolute atomic E-state index is 0. The molecule has 1 aliphatic heterocycles. The number of carbonyl (C=O) groups excluding carboxylic acids is 1. The van der Waals surface area contributed by atoms with Crippen LogP contribution in [0.1, 0.15) is 18.4 Å². The molecule has 6 heteroatoms.